The Morgan fingerprint density at radius 2 is 1.83 bits per heavy atom. The number of aromatic nitrogens is 1. The summed E-state index contributed by atoms with van der Waals surface area (Å²) in [6, 6.07) is 24.0. The molecule has 146 valence electrons. The number of hydrogen-bond donors (Lipinski definition) is 2. The van der Waals surface area contributed by atoms with E-state index in [-0.39, 0.29) is 5.91 Å². The van der Waals surface area contributed by atoms with Crippen LogP contribution < -0.4 is 10.1 Å². The van der Waals surface area contributed by atoms with E-state index in [0.717, 1.165) is 32.0 Å². The van der Waals surface area contributed by atoms with E-state index < -0.39 is 0 Å². The highest BCUT2D eigenvalue weighted by atomic mass is 32.2. The quantitative estimate of drug-likeness (QED) is 0.443. The Morgan fingerprint density at radius 3 is 2.62 bits per heavy atom. The van der Waals surface area contributed by atoms with Gasteiger partial charge in [0.05, 0.1) is 12.0 Å². The van der Waals surface area contributed by atoms with Crippen LogP contribution in [0, 0.1) is 6.92 Å². The van der Waals surface area contributed by atoms with Gasteiger partial charge in [0.15, 0.2) is 0 Å². The second kappa shape index (κ2) is 8.45. The van der Waals surface area contributed by atoms with Crippen LogP contribution in [0.2, 0.25) is 0 Å². The third kappa shape index (κ3) is 4.30. The number of carbonyl (C=O) groups is 1. The van der Waals surface area contributed by atoms with Crippen LogP contribution in [0.1, 0.15) is 21.6 Å². The molecule has 0 atom stereocenters. The van der Waals surface area contributed by atoms with Gasteiger partial charge >= 0.3 is 0 Å². The van der Waals surface area contributed by atoms with Crippen LogP contribution in [0.15, 0.2) is 82.6 Å². The van der Waals surface area contributed by atoms with E-state index in [1.165, 1.54) is 5.56 Å². The fraction of sp³-hybridized carbons (Fsp3) is 0.125. The number of ether oxygens (including phenoxy) is 1. The maximum atomic E-state index is 13.0. The van der Waals surface area contributed by atoms with Crippen molar-refractivity contribution in [1.82, 2.24) is 10.3 Å². The van der Waals surface area contributed by atoms with E-state index in [4.69, 9.17) is 4.74 Å². The van der Waals surface area contributed by atoms with Gasteiger partial charge in [0.1, 0.15) is 11.4 Å². The lowest BCUT2D eigenvalue weighted by Crippen LogP contribution is -2.23. The van der Waals surface area contributed by atoms with E-state index in [1.807, 2.05) is 48.5 Å². The molecule has 0 saturated carbocycles. The van der Waals surface area contributed by atoms with Gasteiger partial charge in [0, 0.05) is 22.3 Å². The number of aryl methyl sites for hydroxylation is 1. The van der Waals surface area contributed by atoms with Gasteiger partial charge in [-0.3, -0.25) is 4.79 Å². The first-order chi connectivity index (χ1) is 14.1. The van der Waals surface area contributed by atoms with Crippen LogP contribution in [-0.4, -0.2) is 18.0 Å². The average Bonchev–Trinajstić information content (AvgIpc) is 3.12. The second-order valence-electron chi connectivity index (χ2n) is 6.82. The monoisotopic (exact) mass is 402 g/mol. The number of amides is 1. The molecule has 0 saturated heterocycles. The lowest BCUT2D eigenvalue weighted by Gasteiger charge is -2.08. The number of benzene rings is 3. The molecule has 0 fully saturated rings. The molecule has 0 bridgehead atoms. The zero-order valence-corrected chi connectivity index (χ0v) is 17.2. The van der Waals surface area contributed by atoms with Crippen LogP contribution in [0.25, 0.3) is 10.9 Å². The number of H-pyrrole nitrogens is 1. The SMILES string of the molecule is COc1cccc(CNC(=O)c2[nH]c3ccccc3c2Sc2ccc(C)cc2)c1. The van der Waals surface area contributed by atoms with Crippen molar-refractivity contribution < 1.29 is 9.53 Å². The molecule has 2 N–H and O–H groups in total. The predicted octanol–water partition coefficient (Wildman–Crippen LogP) is 5.57. The van der Waals surface area contributed by atoms with Crippen molar-refractivity contribution in [2.24, 2.45) is 0 Å². The van der Waals surface area contributed by atoms with E-state index >= 15 is 0 Å². The first-order valence-electron chi connectivity index (χ1n) is 9.40. The first-order valence-corrected chi connectivity index (χ1v) is 10.2. The molecule has 0 unspecified atom stereocenters. The number of fused-ring (bicyclic) bond motifs is 1. The molecule has 3 aromatic carbocycles. The molecule has 4 rings (SSSR count). The molecule has 0 aliphatic rings. The third-order valence-corrected chi connectivity index (χ3v) is 5.85. The number of nitrogens with one attached hydrogen (secondary N) is 2. The van der Waals surface area contributed by atoms with Crippen molar-refractivity contribution in [2.45, 2.75) is 23.3 Å². The zero-order chi connectivity index (χ0) is 20.2. The van der Waals surface area contributed by atoms with Crippen LogP contribution in [0.5, 0.6) is 5.75 Å². The van der Waals surface area contributed by atoms with Crippen LogP contribution >= 0.6 is 11.8 Å². The molecule has 4 aromatic rings. The van der Waals surface area contributed by atoms with Crippen molar-refractivity contribution in [1.29, 1.82) is 0 Å². The van der Waals surface area contributed by atoms with Gasteiger partial charge in [-0.15, -0.1) is 0 Å². The summed E-state index contributed by atoms with van der Waals surface area (Å²) in [5.41, 5.74) is 3.74. The Bertz CT molecular complexity index is 1150. The molecule has 5 heteroatoms. The van der Waals surface area contributed by atoms with Gasteiger partial charge in [0.25, 0.3) is 5.91 Å². The topological polar surface area (TPSA) is 54.1 Å². The summed E-state index contributed by atoms with van der Waals surface area (Å²) in [6.45, 7) is 2.50. The smallest absolute Gasteiger partial charge is 0.269 e. The largest absolute Gasteiger partial charge is 0.497 e. The van der Waals surface area contributed by atoms with E-state index in [1.54, 1.807) is 18.9 Å². The highest BCUT2D eigenvalue weighted by Crippen LogP contribution is 2.36. The van der Waals surface area contributed by atoms with Crippen LogP contribution in [-0.2, 0) is 6.54 Å². The lowest BCUT2D eigenvalue weighted by molar-refractivity contribution is 0.0944. The fourth-order valence-corrected chi connectivity index (χ4v) is 4.20. The Labute approximate surface area is 174 Å². The van der Waals surface area contributed by atoms with Gasteiger partial charge in [-0.1, -0.05) is 59.8 Å². The van der Waals surface area contributed by atoms with E-state index in [9.17, 15) is 4.79 Å². The normalized spacial score (nSPS) is 10.8. The van der Waals surface area contributed by atoms with Crippen molar-refractivity contribution in [3.05, 3.63) is 89.6 Å². The Kier molecular flexibility index (Phi) is 5.58. The molecule has 0 radical (unpaired) electrons. The van der Waals surface area contributed by atoms with E-state index in [2.05, 4.69) is 41.5 Å². The highest BCUT2D eigenvalue weighted by molar-refractivity contribution is 7.99. The molecule has 4 nitrogen and oxygen atoms in total. The molecule has 29 heavy (non-hydrogen) atoms. The Morgan fingerprint density at radius 1 is 1.03 bits per heavy atom. The Balaban J connectivity index is 1.61. The molecule has 1 heterocycles. The summed E-state index contributed by atoms with van der Waals surface area (Å²) in [7, 11) is 1.64. The number of methoxy groups -OCH3 is 1. The highest BCUT2D eigenvalue weighted by Gasteiger charge is 2.18. The minimum Gasteiger partial charge on any atom is -0.497 e. The molecule has 1 amide bonds. The molecule has 0 aliphatic carbocycles. The van der Waals surface area contributed by atoms with Gasteiger partial charge in [0.2, 0.25) is 0 Å². The minimum atomic E-state index is -0.126. The maximum absolute atomic E-state index is 13.0. The van der Waals surface area contributed by atoms with Crippen molar-refractivity contribution in [3.8, 4) is 5.75 Å². The number of hydrogen-bond acceptors (Lipinski definition) is 3. The molecule has 1 aromatic heterocycles. The maximum Gasteiger partial charge on any atom is 0.269 e. The second-order valence-corrected chi connectivity index (χ2v) is 7.91. The van der Waals surface area contributed by atoms with Gasteiger partial charge in [-0.05, 0) is 42.8 Å². The summed E-state index contributed by atoms with van der Waals surface area (Å²) >= 11 is 1.60. The van der Waals surface area contributed by atoms with Crippen LogP contribution in [0.3, 0.4) is 0 Å². The minimum absolute atomic E-state index is 0.126. The number of carbonyl (C=O) groups excluding carboxylic acids is 1. The molecular weight excluding hydrogens is 380 g/mol. The van der Waals surface area contributed by atoms with E-state index in [0.29, 0.717) is 12.2 Å². The summed E-state index contributed by atoms with van der Waals surface area (Å²) in [4.78, 5) is 18.4. The predicted molar refractivity (Wildman–Crippen MR) is 118 cm³/mol. The summed E-state index contributed by atoms with van der Waals surface area (Å²) in [5.74, 6) is 0.650. The van der Waals surface area contributed by atoms with Crippen molar-refractivity contribution in [3.63, 3.8) is 0 Å². The average molecular weight is 403 g/mol. The molecule has 0 aliphatic heterocycles. The molecular formula is C24H22N2O2S. The number of aromatic amines is 1. The summed E-state index contributed by atoms with van der Waals surface area (Å²) in [5, 5.41) is 4.07. The first kappa shape index (κ1) is 19.2. The molecule has 0 spiro atoms. The Hall–Kier alpha value is -3.18. The van der Waals surface area contributed by atoms with Crippen LogP contribution in [0.4, 0.5) is 0 Å². The third-order valence-electron chi connectivity index (χ3n) is 4.71. The van der Waals surface area contributed by atoms with Gasteiger partial charge in [-0.25, -0.2) is 0 Å². The standard InChI is InChI=1S/C24H22N2O2S/c1-16-10-12-19(13-11-16)29-23-20-8-3-4-9-21(20)26-22(23)24(27)25-15-17-6-5-7-18(14-17)28-2/h3-14,26H,15H2,1-2H3,(H,25,27). The number of rotatable bonds is 6. The summed E-state index contributed by atoms with van der Waals surface area (Å²) in [6.07, 6.45) is 0. The lowest BCUT2D eigenvalue weighted by atomic mass is 10.2. The van der Waals surface area contributed by atoms with Crippen molar-refractivity contribution in [2.75, 3.05) is 7.11 Å². The van der Waals surface area contributed by atoms with Gasteiger partial charge in [-0.2, -0.15) is 0 Å². The van der Waals surface area contributed by atoms with Crippen molar-refractivity contribution >= 4 is 28.6 Å². The van der Waals surface area contributed by atoms with Gasteiger partial charge < -0.3 is 15.0 Å². The summed E-state index contributed by atoms with van der Waals surface area (Å²) < 4.78 is 5.26. The zero-order valence-electron chi connectivity index (χ0n) is 16.4. The fourth-order valence-electron chi connectivity index (χ4n) is 3.16. The number of para-hydroxylation sites is 1.